The molecular formula is C16H22F2N2O. The van der Waals surface area contributed by atoms with E-state index in [1.54, 1.807) is 4.90 Å². The van der Waals surface area contributed by atoms with Crippen molar-refractivity contribution in [2.45, 2.75) is 39.5 Å². The molecule has 1 heterocycles. The van der Waals surface area contributed by atoms with Crippen LogP contribution in [0.25, 0.3) is 0 Å². The number of hydrogen-bond acceptors (Lipinski definition) is 2. The van der Waals surface area contributed by atoms with E-state index in [1.165, 1.54) is 0 Å². The van der Waals surface area contributed by atoms with Crippen LogP contribution in [0.3, 0.4) is 0 Å². The zero-order valence-electron chi connectivity index (χ0n) is 12.6. The summed E-state index contributed by atoms with van der Waals surface area (Å²) in [5.74, 6) is -1.99. The molecule has 0 spiro atoms. The summed E-state index contributed by atoms with van der Waals surface area (Å²) >= 11 is 0. The van der Waals surface area contributed by atoms with Gasteiger partial charge in [0.15, 0.2) is 5.82 Å². The Balaban J connectivity index is 2.16. The van der Waals surface area contributed by atoms with E-state index in [4.69, 9.17) is 5.73 Å². The number of likely N-dealkylation sites (tertiary alicyclic amines) is 1. The van der Waals surface area contributed by atoms with Crippen LogP contribution in [-0.4, -0.2) is 23.9 Å². The van der Waals surface area contributed by atoms with Crippen LogP contribution in [0, 0.1) is 17.0 Å². The molecule has 1 fully saturated rings. The van der Waals surface area contributed by atoms with Crippen molar-refractivity contribution >= 4 is 11.6 Å². The zero-order chi connectivity index (χ0) is 15.6. The Morgan fingerprint density at radius 3 is 2.33 bits per heavy atom. The Hall–Kier alpha value is -1.65. The van der Waals surface area contributed by atoms with Gasteiger partial charge in [-0.25, -0.2) is 8.78 Å². The van der Waals surface area contributed by atoms with Crippen molar-refractivity contribution in [3.63, 3.8) is 0 Å². The van der Waals surface area contributed by atoms with Crippen LogP contribution in [0.2, 0.25) is 0 Å². The van der Waals surface area contributed by atoms with E-state index < -0.39 is 17.5 Å². The van der Waals surface area contributed by atoms with Crippen LogP contribution in [0.15, 0.2) is 12.1 Å². The third-order valence-corrected chi connectivity index (χ3v) is 4.91. The first-order valence-corrected chi connectivity index (χ1v) is 7.46. The van der Waals surface area contributed by atoms with Crippen molar-refractivity contribution in [2.24, 2.45) is 5.41 Å². The van der Waals surface area contributed by atoms with Crippen molar-refractivity contribution in [1.29, 1.82) is 0 Å². The minimum atomic E-state index is -0.829. The van der Waals surface area contributed by atoms with Gasteiger partial charge in [0.25, 0.3) is 5.91 Å². The number of rotatable bonds is 3. The quantitative estimate of drug-likeness (QED) is 0.866. The Kier molecular flexibility index (Phi) is 4.49. The first-order chi connectivity index (χ1) is 9.92. The summed E-state index contributed by atoms with van der Waals surface area (Å²) in [6.45, 7) is 5.48. The predicted octanol–water partition coefficient (Wildman–Crippen LogP) is 3.59. The maximum Gasteiger partial charge on any atom is 0.257 e. The number of piperidine rings is 1. The number of anilines is 1. The molecule has 1 amide bonds. The molecule has 3 nitrogen and oxygen atoms in total. The van der Waals surface area contributed by atoms with Gasteiger partial charge in [0.2, 0.25) is 0 Å². The number of benzene rings is 1. The molecule has 1 aliphatic rings. The molecule has 5 heteroatoms. The van der Waals surface area contributed by atoms with Crippen molar-refractivity contribution in [3.05, 3.63) is 29.3 Å². The second-order valence-corrected chi connectivity index (χ2v) is 5.86. The number of hydrogen-bond donors (Lipinski definition) is 1. The van der Waals surface area contributed by atoms with E-state index in [2.05, 4.69) is 13.8 Å². The number of nitrogen functional groups attached to an aromatic ring is 1. The lowest BCUT2D eigenvalue weighted by molar-refractivity contribution is 0.0553. The first kappa shape index (κ1) is 15.7. The average molecular weight is 296 g/mol. The Bertz CT molecular complexity index is 531. The molecule has 0 unspecified atom stereocenters. The van der Waals surface area contributed by atoms with Crippen LogP contribution < -0.4 is 5.73 Å². The third-order valence-electron chi connectivity index (χ3n) is 4.91. The molecular weight excluding hydrogens is 274 g/mol. The molecule has 0 radical (unpaired) electrons. The Labute approximate surface area is 124 Å². The van der Waals surface area contributed by atoms with Gasteiger partial charge < -0.3 is 10.6 Å². The third kappa shape index (κ3) is 3.01. The highest BCUT2D eigenvalue weighted by molar-refractivity contribution is 5.95. The molecule has 2 rings (SSSR count). The van der Waals surface area contributed by atoms with Gasteiger partial charge in [-0.1, -0.05) is 26.7 Å². The maximum atomic E-state index is 13.9. The van der Waals surface area contributed by atoms with Gasteiger partial charge in [0, 0.05) is 13.1 Å². The molecule has 2 N–H and O–H groups in total. The van der Waals surface area contributed by atoms with Crippen molar-refractivity contribution < 1.29 is 13.6 Å². The van der Waals surface area contributed by atoms with E-state index in [9.17, 15) is 13.6 Å². The van der Waals surface area contributed by atoms with Crippen LogP contribution >= 0.6 is 0 Å². The fourth-order valence-electron chi connectivity index (χ4n) is 3.08. The highest BCUT2D eigenvalue weighted by atomic mass is 19.1. The minimum absolute atomic E-state index is 0.270. The summed E-state index contributed by atoms with van der Waals surface area (Å²) < 4.78 is 27.3. The number of nitrogens with zero attached hydrogens (tertiary/aromatic N) is 1. The molecule has 116 valence electrons. The van der Waals surface area contributed by atoms with Gasteiger partial charge in [-0.15, -0.1) is 0 Å². The summed E-state index contributed by atoms with van der Waals surface area (Å²) in [6.07, 6.45) is 3.95. The fourth-order valence-corrected chi connectivity index (χ4v) is 3.08. The lowest BCUT2D eigenvalue weighted by atomic mass is 9.74. The molecule has 0 aromatic heterocycles. The molecule has 1 aromatic carbocycles. The molecule has 0 atom stereocenters. The fraction of sp³-hybridized carbons (Fsp3) is 0.562. The van der Waals surface area contributed by atoms with E-state index in [0.29, 0.717) is 13.1 Å². The SMILES string of the molecule is CCC1(CC)CCN(C(=O)c2cc(F)cc(N)c2F)CC1. The van der Waals surface area contributed by atoms with Gasteiger partial charge in [-0.05, 0) is 30.4 Å². The molecule has 1 saturated heterocycles. The zero-order valence-corrected chi connectivity index (χ0v) is 12.6. The summed E-state index contributed by atoms with van der Waals surface area (Å²) in [7, 11) is 0. The summed E-state index contributed by atoms with van der Waals surface area (Å²) in [5, 5.41) is 0. The molecule has 1 aromatic rings. The molecule has 1 aliphatic heterocycles. The van der Waals surface area contributed by atoms with Crippen LogP contribution in [-0.2, 0) is 0 Å². The van der Waals surface area contributed by atoms with E-state index in [-0.39, 0.29) is 16.7 Å². The predicted molar refractivity (Wildman–Crippen MR) is 78.9 cm³/mol. The lowest BCUT2D eigenvalue weighted by Crippen LogP contribution is -2.43. The normalized spacial score (nSPS) is 17.8. The van der Waals surface area contributed by atoms with Gasteiger partial charge >= 0.3 is 0 Å². The molecule has 0 saturated carbocycles. The highest BCUT2D eigenvalue weighted by Gasteiger charge is 2.34. The van der Waals surface area contributed by atoms with E-state index >= 15 is 0 Å². The van der Waals surface area contributed by atoms with E-state index in [0.717, 1.165) is 37.8 Å². The lowest BCUT2D eigenvalue weighted by Gasteiger charge is -2.41. The largest absolute Gasteiger partial charge is 0.396 e. The molecule has 21 heavy (non-hydrogen) atoms. The number of carbonyl (C=O) groups excluding carboxylic acids is 1. The summed E-state index contributed by atoms with van der Waals surface area (Å²) in [6, 6.07) is 1.82. The molecule has 0 bridgehead atoms. The monoisotopic (exact) mass is 296 g/mol. The second kappa shape index (κ2) is 6.00. The standard InChI is InChI=1S/C16H22F2N2O/c1-3-16(4-2)5-7-20(8-6-16)15(21)12-9-11(17)10-13(19)14(12)18/h9-10H,3-8,19H2,1-2H3. The number of halogens is 2. The number of amides is 1. The van der Waals surface area contributed by atoms with Crippen LogP contribution in [0.5, 0.6) is 0 Å². The molecule has 0 aliphatic carbocycles. The van der Waals surface area contributed by atoms with Crippen LogP contribution in [0.1, 0.15) is 49.9 Å². The van der Waals surface area contributed by atoms with Crippen molar-refractivity contribution in [3.8, 4) is 0 Å². The minimum Gasteiger partial charge on any atom is -0.396 e. The van der Waals surface area contributed by atoms with Gasteiger partial charge in [-0.2, -0.15) is 0 Å². The van der Waals surface area contributed by atoms with Gasteiger partial charge in [0.05, 0.1) is 11.3 Å². The number of nitrogens with two attached hydrogens (primary N) is 1. The van der Waals surface area contributed by atoms with Crippen molar-refractivity contribution in [1.82, 2.24) is 4.90 Å². The Morgan fingerprint density at radius 1 is 1.24 bits per heavy atom. The van der Waals surface area contributed by atoms with Crippen molar-refractivity contribution in [2.75, 3.05) is 18.8 Å². The average Bonchev–Trinajstić information content (AvgIpc) is 2.50. The van der Waals surface area contributed by atoms with Crippen LogP contribution in [0.4, 0.5) is 14.5 Å². The highest BCUT2D eigenvalue weighted by Crippen LogP contribution is 2.38. The second-order valence-electron chi connectivity index (χ2n) is 5.86. The van der Waals surface area contributed by atoms with Gasteiger partial charge in [-0.3, -0.25) is 4.79 Å². The topological polar surface area (TPSA) is 46.3 Å². The smallest absolute Gasteiger partial charge is 0.257 e. The Morgan fingerprint density at radius 2 is 1.81 bits per heavy atom. The van der Waals surface area contributed by atoms with Gasteiger partial charge in [0.1, 0.15) is 5.82 Å². The maximum absolute atomic E-state index is 13.9. The van der Waals surface area contributed by atoms with E-state index in [1.807, 2.05) is 0 Å². The summed E-state index contributed by atoms with van der Waals surface area (Å²) in [4.78, 5) is 14.0. The number of carbonyl (C=O) groups is 1. The summed E-state index contributed by atoms with van der Waals surface area (Å²) in [5.41, 5.74) is 5.07. The first-order valence-electron chi connectivity index (χ1n) is 7.46.